The molecule has 23 heavy (non-hydrogen) atoms. The first-order chi connectivity index (χ1) is 11.3. The van der Waals surface area contributed by atoms with E-state index < -0.39 is 5.97 Å². The Balaban J connectivity index is 2.96. The van der Waals surface area contributed by atoms with Crippen LogP contribution in [0.4, 0.5) is 0 Å². The largest absolute Gasteiger partial charge is 0.481 e. The molecule has 138 valence electrons. The zero-order valence-corrected chi connectivity index (χ0v) is 16.8. The quantitative estimate of drug-likeness (QED) is 0.183. The molecule has 0 atom stereocenters. The Labute approximate surface area is 152 Å². The average Bonchev–Trinajstić information content (AvgIpc) is 2.53. The summed E-state index contributed by atoms with van der Waals surface area (Å²) in [6.45, 7) is 0. The van der Waals surface area contributed by atoms with E-state index in [4.69, 9.17) is 5.11 Å². The first-order valence-corrected chi connectivity index (χ1v) is 11.2. The van der Waals surface area contributed by atoms with Gasteiger partial charge in [0.2, 0.25) is 0 Å². The lowest BCUT2D eigenvalue weighted by Gasteiger charge is -2.03. The van der Waals surface area contributed by atoms with Crippen molar-refractivity contribution in [2.24, 2.45) is 0 Å². The van der Waals surface area contributed by atoms with Crippen LogP contribution < -0.4 is 0 Å². The molecule has 1 N–H and O–H groups in total. The van der Waals surface area contributed by atoms with Gasteiger partial charge in [0.15, 0.2) is 0 Å². The van der Waals surface area contributed by atoms with Crippen LogP contribution in [0.3, 0.4) is 0 Å². The summed E-state index contributed by atoms with van der Waals surface area (Å²) in [6, 6.07) is 0. The second-order valence-electron chi connectivity index (χ2n) is 6.84. The van der Waals surface area contributed by atoms with Gasteiger partial charge in [0.05, 0.1) is 0 Å². The van der Waals surface area contributed by atoms with E-state index in [1.165, 1.54) is 96.3 Å². The van der Waals surface area contributed by atoms with E-state index in [0.29, 0.717) is 6.42 Å². The lowest BCUT2D eigenvalue weighted by atomic mass is 10.0. The van der Waals surface area contributed by atoms with Crippen LogP contribution in [0.1, 0.15) is 116 Å². The number of halogens is 1. The number of hydrogen-bond acceptors (Lipinski definition) is 1. The second kappa shape index (κ2) is 20.0. The number of carboxylic acid groups (broad SMARTS) is 1. The predicted octanol–water partition coefficient (Wildman–Crippen LogP) is 7.49. The van der Waals surface area contributed by atoms with Gasteiger partial charge < -0.3 is 5.11 Å². The summed E-state index contributed by atoms with van der Waals surface area (Å²) in [4.78, 5) is 10.4. The molecule has 2 nitrogen and oxygen atoms in total. The van der Waals surface area contributed by atoms with Crippen LogP contribution in [-0.2, 0) is 4.79 Å². The summed E-state index contributed by atoms with van der Waals surface area (Å²) >= 11 is 3.48. The Morgan fingerprint density at radius 2 is 0.783 bits per heavy atom. The van der Waals surface area contributed by atoms with Crippen molar-refractivity contribution in [3.8, 4) is 0 Å². The van der Waals surface area contributed by atoms with Crippen molar-refractivity contribution in [3.05, 3.63) is 0 Å². The van der Waals surface area contributed by atoms with Crippen molar-refractivity contribution in [2.45, 2.75) is 116 Å². The van der Waals surface area contributed by atoms with Gasteiger partial charge in [-0.05, 0) is 12.8 Å². The standard InChI is InChI=1S/C20H39BrO2/c21-19-17-15-13-11-9-7-5-3-1-2-4-6-8-10-12-14-16-18-20(22)23/h1-19H2,(H,22,23). The molecule has 0 amide bonds. The van der Waals surface area contributed by atoms with Crippen LogP contribution in [0.25, 0.3) is 0 Å². The summed E-state index contributed by atoms with van der Waals surface area (Å²) in [5.41, 5.74) is 0. The van der Waals surface area contributed by atoms with Gasteiger partial charge >= 0.3 is 5.97 Å². The second-order valence-corrected chi connectivity index (χ2v) is 7.64. The van der Waals surface area contributed by atoms with E-state index in [1.807, 2.05) is 0 Å². The zero-order chi connectivity index (χ0) is 17.0. The summed E-state index contributed by atoms with van der Waals surface area (Å²) in [5, 5.41) is 9.71. The number of rotatable bonds is 19. The molecule has 0 aliphatic heterocycles. The van der Waals surface area contributed by atoms with Crippen LogP contribution in [0.5, 0.6) is 0 Å². The number of alkyl halides is 1. The maximum Gasteiger partial charge on any atom is 0.303 e. The third-order valence-corrected chi connectivity index (χ3v) is 5.09. The first kappa shape index (κ1) is 22.9. The molecule has 0 spiro atoms. The number of carbonyl (C=O) groups is 1. The van der Waals surface area contributed by atoms with Crippen LogP contribution in [0, 0.1) is 0 Å². The maximum absolute atomic E-state index is 10.4. The molecule has 0 fully saturated rings. The van der Waals surface area contributed by atoms with E-state index in [0.717, 1.165) is 18.2 Å². The zero-order valence-electron chi connectivity index (χ0n) is 15.2. The molecule has 0 saturated heterocycles. The fraction of sp³-hybridized carbons (Fsp3) is 0.950. The van der Waals surface area contributed by atoms with Gasteiger partial charge in [-0.2, -0.15) is 0 Å². The Morgan fingerprint density at radius 3 is 1.04 bits per heavy atom. The van der Waals surface area contributed by atoms with E-state index in [1.54, 1.807) is 0 Å². The van der Waals surface area contributed by atoms with Gasteiger partial charge in [0, 0.05) is 11.8 Å². The summed E-state index contributed by atoms with van der Waals surface area (Å²) in [6.07, 6.45) is 23.0. The molecule has 0 aromatic carbocycles. The molecule has 0 unspecified atom stereocenters. The topological polar surface area (TPSA) is 37.3 Å². The smallest absolute Gasteiger partial charge is 0.303 e. The van der Waals surface area contributed by atoms with Gasteiger partial charge in [-0.25, -0.2) is 0 Å². The Morgan fingerprint density at radius 1 is 0.522 bits per heavy atom. The number of carboxylic acids is 1. The van der Waals surface area contributed by atoms with E-state index in [-0.39, 0.29) is 0 Å². The monoisotopic (exact) mass is 390 g/mol. The highest BCUT2D eigenvalue weighted by atomic mass is 79.9. The van der Waals surface area contributed by atoms with Crippen molar-refractivity contribution < 1.29 is 9.90 Å². The van der Waals surface area contributed by atoms with Crippen LogP contribution in [0.2, 0.25) is 0 Å². The molecule has 3 heteroatoms. The Bertz CT molecular complexity index is 244. The third kappa shape index (κ3) is 21.9. The highest BCUT2D eigenvalue weighted by molar-refractivity contribution is 9.09. The summed E-state index contributed by atoms with van der Waals surface area (Å²) < 4.78 is 0. The molecule has 0 radical (unpaired) electrons. The highest BCUT2D eigenvalue weighted by Gasteiger charge is 1.97. The molecule has 0 aromatic heterocycles. The molecule has 0 bridgehead atoms. The van der Waals surface area contributed by atoms with Crippen molar-refractivity contribution in [1.82, 2.24) is 0 Å². The molecule has 0 saturated carbocycles. The van der Waals surface area contributed by atoms with Crippen molar-refractivity contribution in [1.29, 1.82) is 0 Å². The minimum absolute atomic E-state index is 0.344. The van der Waals surface area contributed by atoms with Crippen molar-refractivity contribution >= 4 is 21.9 Å². The van der Waals surface area contributed by atoms with Gasteiger partial charge in [0.25, 0.3) is 0 Å². The lowest BCUT2D eigenvalue weighted by molar-refractivity contribution is -0.137. The van der Waals surface area contributed by atoms with Crippen molar-refractivity contribution in [2.75, 3.05) is 5.33 Å². The van der Waals surface area contributed by atoms with Crippen LogP contribution in [-0.4, -0.2) is 16.4 Å². The predicted molar refractivity (Wildman–Crippen MR) is 105 cm³/mol. The minimum atomic E-state index is -0.653. The molecular formula is C20H39BrO2. The molecule has 0 aromatic rings. The van der Waals surface area contributed by atoms with E-state index in [9.17, 15) is 4.79 Å². The Kier molecular flexibility index (Phi) is 20.0. The van der Waals surface area contributed by atoms with Gasteiger partial charge in [-0.15, -0.1) is 0 Å². The third-order valence-electron chi connectivity index (χ3n) is 4.52. The van der Waals surface area contributed by atoms with Crippen LogP contribution >= 0.6 is 15.9 Å². The first-order valence-electron chi connectivity index (χ1n) is 10.0. The number of aliphatic carboxylic acids is 1. The van der Waals surface area contributed by atoms with Gasteiger partial charge in [0.1, 0.15) is 0 Å². The SMILES string of the molecule is O=C(O)CCCCCCCCCCCCCCCCCCCBr. The lowest BCUT2D eigenvalue weighted by Crippen LogP contribution is -1.93. The molecule has 0 rings (SSSR count). The number of hydrogen-bond donors (Lipinski definition) is 1. The maximum atomic E-state index is 10.4. The minimum Gasteiger partial charge on any atom is -0.481 e. The normalized spacial score (nSPS) is 11.0. The van der Waals surface area contributed by atoms with Crippen molar-refractivity contribution in [3.63, 3.8) is 0 Å². The average molecular weight is 391 g/mol. The van der Waals surface area contributed by atoms with Gasteiger partial charge in [-0.1, -0.05) is 112 Å². The molecule has 0 aliphatic carbocycles. The molecule has 0 aliphatic rings. The van der Waals surface area contributed by atoms with Crippen LogP contribution in [0.15, 0.2) is 0 Å². The highest BCUT2D eigenvalue weighted by Crippen LogP contribution is 2.14. The summed E-state index contributed by atoms with van der Waals surface area (Å²) in [5.74, 6) is -0.653. The molecule has 0 heterocycles. The summed E-state index contributed by atoms with van der Waals surface area (Å²) in [7, 11) is 0. The van der Waals surface area contributed by atoms with Gasteiger partial charge in [-0.3, -0.25) is 4.79 Å². The van der Waals surface area contributed by atoms with E-state index in [2.05, 4.69) is 15.9 Å². The molecular weight excluding hydrogens is 352 g/mol. The number of unbranched alkanes of at least 4 members (excludes halogenated alkanes) is 16. The van der Waals surface area contributed by atoms with E-state index >= 15 is 0 Å². The Hall–Kier alpha value is -0.0500. The fourth-order valence-corrected chi connectivity index (χ4v) is 3.42. The fourth-order valence-electron chi connectivity index (χ4n) is 3.02.